The number of hydrogen-bond acceptors (Lipinski definition) is 5. The molecule has 2 aromatic rings. The molecule has 1 aliphatic rings. The number of nitrogens with zero attached hydrogens (tertiary/aromatic N) is 2. The molecule has 0 radical (unpaired) electrons. The molecule has 0 aliphatic carbocycles. The lowest BCUT2D eigenvalue weighted by molar-refractivity contribution is 0.00386. The van der Waals surface area contributed by atoms with Crippen LogP contribution in [0.1, 0.15) is 35.3 Å². The molecule has 2 heterocycles. The highest BCUT2D eigenvalue weighted by atomic mass is 16.5. The number of aliphatic hydroxyl groups is 1. The molecule has 0 bridgehead atoms. The molecule has 25 heavy (non-hydrogen) atoms. The Morgan fingerprint density at radius 2 is 2.04 bits per heavy atom. The smallest absolute Gasteiger partial charge is 0.276 e. The van der Waals surface area contributed by atoms with E-state index in [9.17, 15) is 4.79 Å². The maximum Gasteiger partial charge on any atom is 0.276 e. The third-order valence-corrected chi connectivity index (χ3v) is 4.47. The van der Waals surface area contributed by atoms with E-state index in [2.05, 4.69) is 4.98 Å². The van der Waals surface area contributed by atoms with E-state index < -0.39 is 0 Å². The van der Waals surface area contributed by atoms with E-state index in [1.54, 1.807) is 4.90 Å². The predicted octanol–water partition coefficient (Wildman–Crippen LogP) is 2.65. The van der Waals surface area contributed by atoms with Gasteiger partial charge in [-0.25, -0.2) is 4.98 Å². The number of aryl methyl sites for hydroxylation is 1. The lowest BCUT2D eigenvalue weighted by Crippen LogP contribution is -2.41. The van der Waals surface area contributed by atoms with E-state index in [1.165, 1.54) is 6.39 Å². The van der Waals surface area contributed by atoms with Crippen molar-refractivity contribution >= 4 is 5.91 Å². The number of benzene rings is 1. The third kappa shape index (κ3) is 4.27. The molecular weight excluding hydrogens is 320 g/mol. The fraction of sp³-hybridized carbons (Fsp3) is 0.474. The average Bonchev–Trinajstić information content (AvgIpc) is 3.12. The standard InChI is InChI=1S/C19H24N2O4/c1-14-3-5-15(6-4-14)18-17(20-13-25-18)19(23)21-9-7-16(8-10-21)24-12-2-11-22/h3-6,13,16,22H,2,7-12H2,1H3. The number of piperidine rings is 1. The molecule has 0 saturated carbocycles. The number of rotatable bonds is 6. The van der Waals surface area contributed by atoms with Crippen LogP contribution in [-0.4, -0.2) is 53.3 Å². The summed E-state index contributed by atoms with van der Waals surface area (Å²) in [6.45, 7) is 4.01. The maximum absolute atomic E-state index is 12.8. The van der Waals surface area contributed by atoms with Gasteiger partial charge in [-0.05, 0) is 26.2 Å². The molecule has 1 fully saturated rings. The molecule has 6 heteroatoms. The zero-order valence-electron chi connectivity index (χ0n) is 14.5. The van der Waals surface area contributed by atoms with E-state index in [0.29, 0.717) is 37.6 Å². The molecular formula is C19H24N2O4. The molecule has 1 N–H and O–H groups in total. The number of amides is 1. The van der Waals surface area contributed by atoms with Gasteiger partial charge in [0.05, 0.1) is 6.10 Å². The second-order valence-electron chi connectivity index (χ2n) is 6.34. The van der Waals surface area contributed by atoms with E-state index >= 15 is 0 Å². The summed E-state index contributed by atoms with van der Waals surface area (Å²) in [4.78, 5) is 18.8. The topological polar surface area (TPSA) is 75.8 Å². The molecule has 1 aromatic carbocycles. The molecule has 1 amide bonds. The van der Waals surface area contributed by atoms with Crippen molar-refractivity contribution in [3.63, 3.8) is 0 Å². The number of carbonyl (C=O) groups excluding carboxylic acids is 1. The Morgan fingerprint density at radius 3 is 2.72 bits per heavy atom. The predicted molar refractivity (Wildman–Crippen MR) is 93.3 cm³/mol. The highest BCUT2D eigenvalue weighted by molar-refractivity contribution is 5.97. The summed E-state index contributed by atoms with van der Waals surface area (Å²) >= 11 is 0. The van der Waals surface area contributed by atoms with E-state index in [1.807, 2.05) is 31.2 Å². The Balaban J connectivity index is 1.63. The van der Waals surface area contributed by atoms with Crippen molar-refractivity contribution in [2.75, 3.05) is 26.3 Å². The van der Waals surface area contributed by atoms with Gasteiger partial charge in [-0.3, -0.25) is 4.79 Å². The van der Waals surface area contributed by atoms with Gasteiger partial charge >= 0.3 is 0 Å². The molecule has 1 saturated heterocycles. The fourth-order valence-corrected chi connectivity index (χ4v) is 3.00. The summed E-state index contributed by atoms with van der Waals surface area (Å²) in [7, 11) is 0. The van der Waals surface area contributed by atoms with Crippen LogP contribution in [0.4, 0.5) is 0 Å². The first-order valence-corrected chi connectivity index (χ1v) is 8.71. The molecule has 134 valence electrons. The van der Waals surface area contributed by atoms with Crippen molar-refractivity contribution in [2.24, 2.45) is 0 Å². The molecule has 0 unspecified atom stereocenters. The Kier molecular flexibility index (Phi) is 5.83. The lowest BCUT2D eigenvalue weighted by atomic mass is 10.1. The first-order valence-electron chi connectivity index (χ1n) is 8.71. The van der Waals surface area contributed by atoms with Gasteiger partial charge in [0, 0.05) is 31.9 Å². The zero-order chi connectivity index (χ0) is 17.6. The molecule has 1 aliphatic heterocycles. The monoisotopic (exact) mass is 344 g/mol. The van der Waals surface area contributed by atoms with Crippen molar-refractivity contribution in [2.45, 2.75) is 32.3 Å². The van der Waals surface area contributed by atoms with Crippen molar-refractivity contribution in [1.82, 2.24) is 9.88 Å². The second kappa shape index (κ2) is 8.27. The van der Waals surface area contributed by atoms with Gasteiger partial charge in [0.2, 0.25) is 0 Å². The lowest BCUT2D eigenvalue weighted by Gasteiger charge is -2.31. The quantitative estimate of drug-likeness (QED) is 0.815. The number of ether oxygens (including phenoxy) is 1. The summed E-state index contributed by atoms with van der Waals surface area (Å²) in [5.74, 6) is 0.421. The van der Waals surface area contributed by atoms with Crippen LogP contribution in [0.3, 0.4) is 0 Å². The maximum atomic E-state index is 12.8. The number of oxazole rings is 1. The minimum Gasteiger partial charge on any atom is -0.443 e. The van der Waals surface area contributed by atoms with Gasteiger partial charge in [-0.2, -0.15) is 0 Å². The van der Waals surface area contributed by atoms with Crippen LogP contribution in [0.5, 0.6) is 0 Å². The van der Waals surface area contributed by atoms with Crippen molar-refractivity contribution in [3.8, 4) is 11.3 Å². The number of aromatic nitrogens is 1. The first-order chi connectivity index (χ1) is 12.2. The first kappa shape index (κ1) is 17.6. The Labute approximate surface area is 147 Å². The van der Waals surface area contributed by atoms with Crippen LogP contribution in [0.2, 0.25) is 0 Å². The van der Waals surface area contributed by atoms with Gasteiger partial charge in [0.25, 0.3) is 5.91 Å². The van der Waals surface area contributed by atoms with E-state index in [-0.39, 0.29) is 18.6 Å². The van der Waals surface area contributed by atoms with Crippen LogP contribution < -0.4 is 0 Å². The average molecular weight is 344 g/mol. The van der Waals surface area contributed by atoms with Crippen molar-refractivity contribution < 1.29 is 19.1 Å². The minimum atomic E-state index is -0.0990. The normalized spacial score (nSPS) is 15.5. The van der Waals surface area contributed by atoms with Crippen LogP contribution in [0, 0.1) is 6.92 Å². The van der Waals surface area contributed by atoms with Crippen LogP contribution in [0.15, 0.2) is 35.1 Å². The summed E-state index contributed by atoms with van der Waals surface area (Å²) < 4.78 is 11.2. The molecule has 6 nitrogen and oxygen atoms in total. The van der Waals surface area contributed by atoms with Gasteiger partial charge in [-0.15, -0.1) is 0 Å². The number of likely N-dealkylation sites (tertiary alicyclic amines) is 1. The highest BCUT2D eigenvalue weighted by Crippen LogP contribution is 2.25. The Bertz CT molecular complexity index is 688. The van der Waals surface area contributed by atoms with Crippen LogP contribution in [-0.2, 0) is 4.74 Å². The number of carbonyl (C=O) groups is 1. The summed E-state index contributed by atoms with van der Waals surface area (Å²) in [5, 5.41) is 8.80. The van der Waals surface area contributed by atoms with Gasteiger partial charge in [0.15, 0.2) is 17.8 Å². The largest absolute Gasteiger partial charge is 0.443 e. The molecule has 0 spiro atoms. The second-order valence-corrected chi connectivity index (χ2v) is 6.34. The third-order valence-electron chi connectivity index (χ3n) is 4.47. The van der Waals surface area contributed by atoms with Crippen LogP contribution >= 0.6 is 0 Å². The van der Waals surface area contributed by atoms with Crippen molar-refractivity contribution in [3.05, 3.63) is 41.9 Å². The zero-order valence-corrected chi connectivity index (χ0v) is 14.5. The van der Waals surface area contributed by atoms with Crippen LogP contribution in [0.25, 0.3) is 11.3 Å². The Morgan fingerprint density at radius 1 is 1.32 bits per heavy atom. The SMILES string of the molecule is Cc1ccc(-c2ocnc2C(=O)N2CCC(OCCCO)CC2)cc1. The highest BCUT2D eigenvalue weighted by Gasteiger charge is 2.28. The summed E-state index contributed by atoms with van der Waals surface area (Å²) in [5.41, 5.74) is 2.37. The van der Waals surface area contributed by atoms with E-state index in [0.717, 1.165) is 24.0 Å². The number of aliphatic hydroxyl groups excluding tert-OH is 1. The minimum absolute atomic E-state index is 0.0990. The number of hydrogen-bond donors (Lipinski definition) is 1. The summed E-state index contributed by atoms with van der Waals surface area (Å²) in [6.07, 6.45) is 3.74. The summed E-state index contributed by atoms with van der Waals surface area (Å²) in [6, 6.07) is 7.85. The van der Waals surface area contributed by atoms with Crippen molar-refractivity contribution in [1.29, 1.82) is 0 Å². The molecule has 1 aromatic heterocycles. The molecule has 0 atom stereocenters. The van der Waals surface area contributed by atoms with Gasteiger partial charge < -0.3 is 19.2 Å². The van der Waals surface area contributed by atoms with Gasteiger partial charge in [-0.1, -0.05) is 29.8 Å². The van der Waals surface area contributed by atoms with E-state index in [4.69, 9.17) is 14.3 Å². The van der Waals surface area contributed by atoms with Gasteiger partial charge in [0.1, 0.15) is 0 Å². The Hall–Kier alpha value is -2.18. The fourth-order valence-electron chi connectivity index (χ4n) is 3.00. The molecule has 3 rings (SSSR count).